The van der Waals surface area contributed by atoms with Crippen molar-refractivity contribution < 1.29 is 9.53 Å². The van der Waals surface area contributed by atoms with Gasteiger partial charge in [0.1, 0.15) is 18.2 Å². The van der Waals surface area contributed by atoms with Crippen molar-refractivity contribution in [3.63, 3.8) is 0 Å². The second-order valence-electron chi connectivity index (χ2n) is 7.71. The van der Waals surface area contributed by atoms with Crippen LogP contribution in [0.4, 0.5) is 0 Å². The second kappa shape index (κ2) is 8.92. The summed E-state index contributed by atoms with van der Waals surface area (Å²) in [6.45, 7) is 2.56. The molecular formula is C27H21N3O2S. The van der Waals surface area contributed by atoms with Gasteiger partial charge < -0.3 is 4.74 Å². The number of thioether (sulfide) groups is 1. The summed E-state index contributed by atoms with van der Waals surface area (Å²) in [5.41, 5.74) is 5.23. The van der Waals surface area contributed by atoms with Crippen LogP contribution in [0.15, 0.2) is 94.8 Å². The molecule has 6 heteroatoms. The maximum Gasteiger partial charge on any atom is 0.283 e. The molecule has 0 atom stereocenters. The molecule has 3 aromatic carbocycles. The monoisotopic (exact) mass is 451 g/mol. The zero-order valence-corrected chi connectivity index (χ0v) is 18.8. The van der Waals surface area contributed by atoms with Crippen LogP contribution in [0.1, 0.15) is 22.3 Å². The molecule has 0 bridgehead atoms. The molecule has 2 aliphatic rings. The molecule has 3 aromatic rings. The molecule has 0 radical (unpaired) electrons. The van der Waals surface area contributed by atoms with Crippen LogP contribution in [0.3, 0.4) is 0 Å². The topological polar surface area (TPSA) is 65.8 Å². The van der Waals surface area contributed by atoms with Gasteiger partial charge in [0, 0.05) is 5.41 Å². The number of carbonyl (C=O) groups excluding carboxylic acids is 1. The summed E-state index contributed by atoms with van der Waals surface area (Å²) in [6.07, 6.45) is 1.71. The lowest BCUT2D eigenvalue weighted by Gasteiger charge is -2.26. The summed E-state index contributed by atoms with van der Waals surface area (Å²) in [7, 11) is 0. The van der Waals surface area contributed by atoms with E-state index in [4.69, 9.17) is 10.1 Å². The molecule has 0 spiro atoms. The number of carbonyl (C=O) groups is 1. The number of benzene rings is 3. The average Bonchev–Trinajstić information content (AvgIpc) is 3.26. The second-order valence-corrected chi connectivity index (χ2v) is 8.55. The van der Waals surface area contributed by atoms with Gasteiger partial charge in [0.2, 0.25) is 0 Å². The van der Waals surface area contributed by atoms with Gasteiger partial charge in [0.05, 0.1) is 11.3 Å². The molecule has 0 unspecified atom stereocenters. The van der Waals surface area contributed by atoms with Crippen LogP contribution in [0, 0.1) is 12.3 Å². The van der Waals surface area contributed by atoms with Crippen LogP contribution in [-0.2, 0) is 11.4 Å². The van der Waals surface area contributed by atoms with E-state index >= 15 is 0 Å². The van der Waals surface area contributed by atoms with E-state index in [0.717, 1.165) is 28.1 Å². The number of ether oxygens (including phenoxy) is 1. The first-order valence-electron chi connectivity index (χ1n) is 10.5. The molecule has 162 valence electrons. The van der Waals surface area contributed by atoms with Crippen molar-refractivity contribution in [2.24, 2.45) is 4.99 Å². The van der Waals surface area contributed by atoms with E-state index in [1.807, 2.05) is 72.1 Å². The molecule has 33 heavy (non-hydrogen) atoms. The maximum absolute atomic E-state index is 12.7. The number of aliphatic imine (C=N–C) groups is 1. The van der Waals surface area contributed by atoms with E-state index in [9.17, 15) is 4.79 Å². The number of hydrogen-bond acceptors (Lipinski definition) is 4. The molecule has 5 rings (SSSR count). The van der Waals surface area contributed by atoms with E-state index in [1.54, 1.807) is 11.0 Å². The number of nitrogens with one attached hydrogen (secondary N) is 1. The Kier molecular flexibility index (Phi) is 5.67. The van der Waals surface area contributed by atoms with Crippen LogP contribution in [0.25, 0.3) is 11.8 Å². The number of fused-ring (bicyclic) bond motifs is 1. The number of amidine groups is 2. The molecule has 1 amide bonds. The minimum absolute atomic E-state index is 0.130. The quantitative estimate of drug-likeness (QED) is 0.492. The van der Waals surface area contributed by atoms with Gasteiger partial charge in [-0.3, -0.25) is 15.1 Å². The van der Waals surface area contributed by atoms with Gasteiger partial charge in [-0.15, -0.1) is 0 Å². The SMILES string of the molecule is Cc1ccccc1COc1ccc(/C=C2/C(=N)N3C(c4ccccc4)=CSC3=NC2=O)cc1. The van der Waals surface area contributed by atoms with Crippen molar-refractivity contribution >= 4 is 40.4 Å². The molecular weight excluding hydrogens is 430 g/mol. The Balaban J connectivity index is 1.35. The van der Waals surface area contributed by atoms with Gasteiger partial charge in [0.25, 0.3) is 5.91 Å². The minimum Gasteiger partial charge on any atom is -0.489 e. The van der Waals surface area contributed by atoms with E-state index in [0.29, 0.717) is 11.8 Å². The molecule has 1 N–H and O–H groups in total. The fourth-order valence-electron chi connectivity index (χ4n) is 3.67. The third kappa shape index (κ3) is 4.25. The molecule has 2 heterocycles. The highest BCUT2D eigenvalue weighted by atomic mass is 32.2. The van der Waals surface area contributed by atoms with Crippen molar-refractivity contribution in [2.75, 3.05) is 0 Å². The Hall–Kier alpha value is -3.90. The largest absolute Gasteiger partial charge is 0.489 e. The van der Waals surface area contributed by atoms with Crippen LogP contribution in [0.5, 0.6) is 5.75 Å². The molecule has 0 fully saturated rings. The van der Waals surface area contributed by atoms with Crippen molar-refractivity contribution in [2.45, 2.75) is 13.5 Å². The van der Waals surface area contributed by atoms with Crippen molar-refractivity contribution in [1.82, 2.24) is 4.90 Å². The van der Waals surface area contributed by atoms with Crippen LogP contribution >= 0.6 is 11.8 Å². The number of aryl methyl sites for hydroxylation is 1. The van der Waals surface area contributed by atoms with E-state index < -0.39 is 5.91 Å². The Morgan fingerprint density at radius 2 is 1.73 bits per heavy atom. The molecule has 5 nitrogen and oxygen atoms in total. The normalized spacial score (nSPS) is 16.5. The van der Waals surface area contributed by atoms with Crippen molar-refractivity contribution in [3.05, 3.63) is 112 Å². The van der Waals surface area contributed by atoms with Gasteiger partial charge in [0.15, 0.2) is 5.17 Å². The Labute approximate surface area is 196 Å². The number of amides is 1. The van der Waals surface area contributed by atoms with Crippen LogP contribution < -0.4 is 4.74 Å². The summed E-state index contributed by atoms with van der Waals surface area (Å²) in [5.74, 6) is 0.474. The first kappa shape index (κ1) is 21.0. The molecule has 0 saturated heterocycles. The lowest BCUT2D eigenvalue weighted by molar-refractivity contribution is -0.114. The Morgan fingerprint density at radius 3 is 2.48 bits per heavy atom. The zero-order valence-electron chi connectivity index (χ0n) is 18.0. The van der Waals surface area contributed by atoms with Crippen LogP contribution in [0.2, 0.25) is 0 Å². The van der Waals surface area contributed by atoms with Crippen molar-refractivity contribution in [3.8, 4) is 5.75 Å². The highest BCUT2D eigenvalue weighted by Crippen LogP contribution is 2.37. The number of hydrogen-bond donors (Lipinski definition) is 1. The van der Waals surface area contributed by atoms with Gasteiger partial charge in [-0.25, -0.2) is 0 Å². The standard InChI is InChI=1S/C27H21N3O2S/c1-18-7-5-6-10-21(18)16-32-22-13-11-19(12-14-22)15-23-25(28)30-24(20-8-3-2-4-9-20)17-33-27(30)29-26(23)31/h2-15,17,28H,16H2,1H3/b23-15-,28-25?. The van der Waals surface area contributed by atoms with Gasteiger partial charge in [-0.05, 0) is 47.4 Å². The van der Waals surface area contributed by atoms with E-state index in [1.165, 1.54) is 17.3 Å². The summed E-state index contributed by atoms with van der Waals surface area (Å²) in [5, 5.41) is 11.2. The Morgan fingerprint density at radius 1 is 1.00 bits per heavy atom. The Bertz CT molecular complexity index is 1320. The summed E-state index contributed by atoms with van der Waals surface area (Å²) < 4.78 is 5.91. The summed E-state index contributed by atoms with van der Waals surface area (Å²) in [6, 6.07) is 25.5. The van der Waals surface area contributed by atoms with Crippen LogP contribution in [-0.4, -0.2) is 21.8 Å². The molecule has 0 saturated carbocycles. The van der Waals surface area contributed by atoms with E-state index in [2.05, 4.69) is 24.0 Å². The number of rotatable bonds is 5. The van der Waals surface area contributed by atoms with Crippen molar-refractivity contribution in [1.29, 1.82) is 5.41 Å². The maximum atomic E-state index is 12.7. The summed E-state index contributed by atoms with van der Waals surface area (Å²) >= 11 is 1.36. The highest BCUT2D eigenvalue weighted by Gasteiger charge is 2.36. The first-order valence-corrected chi connectivity index (χ1v) is 11.4. The summed E-state index contributed by atoms with van der Waals surface area (Å²) in [4.78, 5) is 18.6. The van der Waals surface area contributed by atoms with Gasteiger partial charge >= 0.3 is 0 Å². The van der Waals surface area contributed by atoms with E-state index in [-0.39, 0.29) is 11.4 Å². The average molecular weight is 452 g/mol. The highest BCUT2D eigenvalue weighted by molar-refractivity contribution is 8.17. The lowest BCUT2D eigenvalue weighted by atomic mass is 10.1. The van der Waals surface area contributed by atoms with Gasteiger partial charge in [-0.2, -0.15) is 4.99 Å². The fourth-order valence-corrected chi connectivity index (χ4v) is 4.56. The first-order chi connectivity index (χ1) is 16.1. The predicted octanol–water partition coefficient (Wildman–Crippen LogP) is 5.88. The molecule has 2 aliphatic heterocycles. The third-order valence-corrected chi connectivity index (χ3v) is 6.36. The fraction of sp³-hybridized carbons (Fsp3) is 0.0741. The molecule has 0 aromatic heterocycles. The minimum atomic E-state index is -0.402. The zero-order chi connectivity index (χ0) is 22.8. The number of nitrogens with zero attached hydrogens (tertiary/aromatic N) is 2. The third-order valence-electron chi connectivity index (χ3n) is 5.53. The predicted molar refractivity (Wildman–Crippen MR) is 134 cm³/mol. The lowest BCUT2D eigenvalue weighted by Crippen LogP contribution is -2.37. The molecule has 0 aliphatic carbocycles. The smallest absolute Gasteiger partial charge is 0.283 e. The van der Waals surface area contributed by atoms with Gasteiger partial charge in [-0.1, -0.05) is 78.5 Å².